The van der Waals surface area contributed by atoms with Crippen LogP contribution in [0.3, 0.4) is 0 Å². The highest BCUT2D eigenvalue weighted by Crippen LogP contribution is 2.49. The van der Waals surface area contributed by atoms with Crippen molar-refractivity contribution in [3.63, 3.8) is 0 Å². The van der Waals surface area contributed by atoms with Gasteiger partial charge >= 0.3 is 0 Å². The molecule has 0 unspecified atom stereocenters. The summed E-state index contributed by atoms with van der Waals surface area (Å²) in [6.45, 7) is 5.60. The molecule has 0 aromatic carbocycles. The molecule has 1 aliphatic heterocycles. The molecule has 132 valence electrons. The lowest BCUT2D eigenvalue weighted by Crippen LogP contribution is -2.32. The van der Waals surface area contributed by atoms with E-state index in [0.29, 0.717) is 12.3 Å². The van der Waals surface area contributed by atoms with Gasteiger partial charge in [-0.15, -0.1) is 11.3 Å². The second-order valence-electron chi connectivity index (χ2n) is 8.29. The van der Waals surface area contributed by atoms with Gasteiger partial charge in [0, 0.05) is 18.3 Å². The zero-order chi connectivity index (χ0) is 16.5. The monoisotopic (exact) mass is 347 g/mol. The molecule has 1 saturated heterocycles. The number of aromatic nitrogens is 1. The number of fused-ring (bicyclic) bond motifs is 2. The van der Waals surface area contributed by atoms with Crippen LogP contribution in [0.5, 0.6) is 0 Å². The number of hydrogen-bond donors (Lipinski definition) is 1. The molecule has 3 aliphatic rings. The van der Waals surface area contributed by atoms with Crippen molar-refractivity contribution >= 4 is 22.4 Å². The Morgan fingerprint density at radius 3 is 2.83 bits per heavy atom. The molecule has 1 amide bonds. The largest absolute Gasteiger partial charge is 0.302 e. The molecule has 0 radical (unpaired) electrons. The van der Waals surface area contributed by atoms with Crippen LogP contribution in [0.2, 0.25) is 0 Å². The van der Waals surface area contributed by atoms with Crippen LogP contribution in [-0.2, 0) is 11.3 Å². The average molecular weight is 348 g/mol. The zero-order valence-electron chi connectivity index (χ0n) is 14.7. The fraction of sp³-hybridized carbons (Fsp3) is 0.789. The van der Waals surface area contributed by atoms with Crippen molar-refractivity contribution in [1.29, 1.82) is 0 Å². The number of likely N-dealkylation sites (tertiary alicyclic amines) is 1. The number of anilines is 1. The van der Waals surface area contributed by atoms with Gasteiger partial charge in [-0.3, -0.25) is 9.69 Å². The molecule has 2 bridgehead atoms. The quantitative estimate of drug-likeness (QED) is 0.871. The summed E-state index contributed by atoms with van der Waals surface area (Å²) in [5.41, 5.74) is 1.10. The Bertz CT molecular complexity index is 579. The lowest BCUT2D eigenvalue weighted by molar-refractivity contribution is -0.117. The van der Waals surface area contributed by atoms with Gasteiger partial charge in [0.15, 0.2) is 5.13 Å². The smallest absolute Gasteiger partial charge is 0.226 e. The zero-order valence-corrected chi connectivity index (χ0v) is 15.5. The molecule has 3 fully saturated rings. The van der Waals surface area contributed by atoms with E-state index in [0.717, 1.165) is 35.1 Å². The van der Waals surface area contributed by atoms with Gasteiger partial charge in [0.25, 0.3) is 0 Å². The number of hydrogen-bond acceptors (Lipinski definition) is 4. The maximum Gasteiger partial charge on any atom is 0.226 e. The molecule has 4 nitrogen and oxygen atoms in total. The van der Waals surface area contributed by atoms with Gasteiger partial charge in [0.1, 0.15) is 0 Å². The second kappa shape index (κ2) is 7.12. The van der Waals surface area contributed by atoms with Gasteiger partial charge in [-0.05, 0) is 68.9 Å². The fourth-order valence-electron chi connectivity index (χ4n) is 4.92. The number of carbonyl (C=O) groups is 1. The number of carbonyl (C=O) groups excluding carboxylic acids is 1. The van der Waals surface area contributed by atoms with Crippen molar-refractivity contribution in [2.75, 3.05) is 18.4 Å². The Labute approximate surface area is 149 Å². The van der Waals surface area contributed by atoms with Gasteiger partial charge in [0.2, 0.25) is 5.91 Å². The number of nitrogens with zero attached hydrogens (tertiary/aromatic N) is 2. The van der Waals surface area contributed by atoms with E-state index in [4.69, 9.17) is 0 Å². The Morgan fingerprint density at radius 2 is 2.12 bits per heavy atom. The van der Waals surface area contributed by atoms with Crippen molar-refractivity contribution in [3.05, 3.63) is 11.1 Å². The molecule has 4 rings (SSSR count). The summed E-state index contributed by atoms with van der Waals surface area (Å²) in [6.07, 6.45) is 8.66. The minimum Gasteiger partial charge on any atom is -0.302 e. The number of nitrogens with one attached hydrogen (secondary N) is 1. The van der Waals surface area contributed by atoms with Gasteiger partial charge < -0.3 is 5.32 Å². The molecule has 1 aromatic rings. The Morgan fingerprint density at radius 1 is 1.29 bits per heavy atom. The minimum absolute atomic E-state index is 0.167. The maximum atomic E-state index is 12.3. The van der Waals surface area contributed by atoms with E-state index in [1.54, 1.807) is 11.3 Å². The first-order valence-electron chi connectivity index (χ1n) is 9.62. The molecular formula is C19H29N3OS. The summed E-state index contributed by atoms with van der Waals surface area (Å²) >= 11 is 1.57. The normalized spacial score (nSPS) is 30.8. The van der Waals surface area contributed by atoms with E-state index in [1.807, 2.05) is 0 Å². The molecular weight excluding hydrogens is 318 g/mol. The first kappa shape index (κ1) is 16.5. The van der Waals surface area contributed by atoms with Crippen LogP contribution in [0.1, 0.15) is 57.6 Å². The van der Waals surface area contributed by atoms with E-state index in [1.165, 1.54) is 51.6 Å². The van der Waals surface area contributed by atoms with Crippen LogP contribution in [-0.4, -0.2) is 28.9 Å². The molecule has 2 saturated carbocycles. The highest BCUT2D eigenvalue weighted by atomic mass is 32.1. The van der Waals surface area contributed by atoms with Crippen LogP contribution in [0.15, 0.2) is 5.38 Å². The topological polar surface area (TPSA) is 45.2 Å². The lowest BCUT2D eigenvalue weighted by Gasteiger charge is -2.29. The van der Waals surface area contributed by atoms with Gasteiger partial charge in [0.05, 0.1) is 5.69 Å². The van der Waals surface area contributed by atoms with Crippen molar-refractivity contribution in [1.82, 2.24) is 9.88 Å². The predicted octanol–water partition coefficient (Wildman–Crippen LogP) is 4.14. The van der Waals surface area contributed by atoms with E-state index in [2.05, 4.69) is 27.5 Å². The Hall–Kier alpha value is -0.940. The molecule has 1 aromatic heterocycles. The van der Waals surface area contributed by atoms with Crippen molar-refractivity contribution in [3.8, 4) is 0 Å². The summed E-state index contributed by atoms with van der Waals surface area (Å²) in [6, 6.07) is 0. The summed E-state index contributed by atoms with van der Waals surface area (Å²) in [7, 11) is 0. The Kier molecular flexibility index (Phi) is 4.90. The fourth-order valence-corrected chi connectivity index (χ4v) is 5.64. The number of thiazole rings is 1. The average Bonchev–Trinajstić information content (AvgIpc) is 3.27. The van der Waals surface area contributed by atoms with Crippen molar-refractivity contribution in [2.45, 2.75) is 58.4 Å². The first-order valence-corrected chi connectivity index (χ1v) is 10.5. The first-order chi connectivity index (χ1) is 11.7. The third kappa shape index (κ3) is 3.83. The van der Waals surface area contributed by atoms with Gasteiger partial charge in [-0.1, -0.05) is 13.3 Å². The molecule has 3 atom stereocenters. The third-order valence-corrected chi connectivity index (χ3v) is 7.20. The van der Waals surface area contributed by atoms with E-state index >= 15 is 0 Å². The van der Waals surface area contributed by atoms with Crippen LogP contribution in [0.25, 0.3) is 0 Å². The van der Waals surface area contributed by atoms with Gasteiger partial charge in [-0.25, -0.2) is 4.98 Å². The molecule has 2 heterocycles. The summed E-state index contributed by atoms with van der Waals surface area (Å²) in [4.78, 5) is 19.4. The summed E-state index contributed by atoms with van der Waals surface area (Å²) < 4.78 is 0. The standard InChI is InChI=1S/C19H29N3OS/c1-13-4-6-22(7-5-13)11-17-12-24-19(20-17)21-18(23)10-16-9-14-2-3-15(16)8-14/h12-16H,2-11H2,1H3,(H,20,21,23)/t14-,15-,16-/m1/s1. The Balaban J connectivity index is 1.25. The highest BCUT2D eigenvalue weighted by Gasteiger charge is 2.40. The molecule has 2 aliphatic carbocycles. The predicted molar refractivity (Wildman–Crippen MR) is 98.0 cm³/mol. The highest BCUT2D eigenvalue weighted by molar-refractivity contribution is 7.13. The molecule has 1 N–H and O–H groups in total. The summed E-state index contributed by atoms with van der Waals surface area (Å²) in [5.74, 6) is 3.37. The van der Waals surface area contributed by atoms with E-state index < -0.39 is 0 Å². The van der Waals surface area contributed by atoms with E-state index in [-0.39, 0.29) is 5.91 Å². The molecule has 5 heteroatoms. The molecule has 24 heavy (non-hydrogen) atoms. The van der Waals surface area contributed by atoms with Crippen LogP contribution in [0.4, 0.5) is 5.13 Å². The SMILES string of the molecule is CC1CCN(Cc2csc(NC(=O)C[C@H]3C[C@@H]4CC[C@@H]3C4)n2)CC1. The summed E-state index contributed by atoms with van der Waals surface area (Å²) in [5, 5.41) is 5.93. The van der Waals surface area contributed by atoms with Crippen LogP contribution in [0, 0.1) is 23.7 Å². The van der Waals surface area contributed by atoms with Gasteiger partial charge in [-0.2, -0.15) is 0 Å². The van der Waals surface area contributed by atoms with Crippen molar-refractivity contribution in [2.24, 2.45) is 23.7 Å². The minimum atomic E-state index is 0.167. The third-order valence-electron chi connectivity index (χ3n) is 6.39. The number of piperidine rings is 1. The number of amides is 1. The molecule has 0 spiro atoms. The van der Waals surface area contributed by atoms with Crippen LogP contribution >= 0.6 is 11.3 Å². The van der Waals surface area contributed by atoms with Crippen LogP contribution < -0.4 is 5.32 Å². The second-order valence-corrected chi connectivity index (χ2v) is 9.15. The van der Waals surface area contributed by atoms with E-state index in [9.17, 15) is 4.79 Å². The van der Waals surface area contributed by atoms with Crippen molar-refractivity contribution < 1.29 is 4.79 Å². The number of rotatable bonds is 5. The lowest BCUT2D eigenvalue weighted by atomic mass is 9.86. The maximum absolute atomic E-state index is 12.3.